The van der Waals surface area contributed by atoms with Crippen LogP contribution in [0.5, 0.6) is 5.88 Å². The first-order chi connectivity index (χ1) is 9.15. The number of aliphatic imine (C=N–C) groups is 1. The molecule has 100 valence electrons. The highest BCUT2D eigenvalue weighted by Gasteiger charge is 2.16. The SMILES string of the molecule is COc1nonc1C(=Nc1ccc(F)c(Br)c1)SC. The Balaban J connectivity index is 2.41. The maximum absolute atomic E-state index is 13.2. The van der Waals surface area contributed by atoms with Crippen molar-refractivity contribution in [3.05, 3.63) is 34.2 Å². The molecule has 8 heteroatoms. The predicted octanol–water partition coefficient (Wildman–Crippen LogP) is 3.42. The number of hydrogen-bond donors (Lipinski definition) is 0. The van der Waals surface area contributed by atoms with E-state index >= 15 is 0 Å². The Kier molecular flexibility index (Phi) is 4.54. The zero-order valence-electron chi connectivity index (χ0n) is 10.1. The van der Waals surface area contributed by atoms with E-state index in [1.807, 2.05) is 6.26 Å². The molecule has 2 aromatic rings. The highest BCUT2D eigenvalue weighted by atomic mass is 79.9. The lowest BCUT2D eigenvalue weighted by Crippen LogP contribution is -1.98. The lowest BCUT2D eigenvalue weighted by atomic mass is 10.3. The zero-order valence-corrected chi connectivity index (χ0v) is 12.5. The zero-order chi connectivity index (χ0) is 13.8. The largest absolute Gasteiger partial charge is 0.477 e. The van der Waals surface area contributed by atoms with E-state index in [9.17, 15) is 4.39 Å². The minimum Gasteiger partial charge on any atom is -0.477 e. The maximum Gasteiger partial charge on any atom is 0.285 e. The van der Waals surface area contributed by atoms with Crippen molar-refractivity contribution in [1.82, 2.24) is 10.3 Å². The number of ether oxygens (including phenoxy) is 1. The smallest absolute Gasteiger partial charge is 0.285 e. The quantitative estimate of drug-likeness (QED) is 0.630. The van der Waals surface area contributed by atoms with Gasteiger partial charge in [-0.2, -0.15) is 0 Å². The van der Waals surface area contributed by atoms with Crippen molar-refractivity contribution in [3.63, 3.8) is 0 Å². The van der Waals surface area contributed by atoms with Crippen molar-refractivity contribution >= 4 is 38.4 Å². The van der Waals surface area contributed by atoms with Gasteiger partial charge in [0, 0.05) is 0 Å². The molecule has 0 amide bonds. The van der Waals surface area contributed by atoms with Crippen molar-refractivity contribution in [2.45, 2.75) is 0 Å². The van der Waals surface area contributed by atoms with Crippen LogP contribution in [0.4, 0.5) is 10.1 Å². The van der Waals surface area contributed by atoms with Crippen LogP contribution in [0.1, 0.15) is 5.69 Å². The van der Waals surface area contributed by atoms with Gasteiger partial charge in [-0.1, -0.05) is 0 Å². The highest BCUT2D eigenvalue weighted by molar-refractivity contribution is 9.10. The molecule has 19 heavy (non-hydrogen) atoms. The Labute approximate surface area is 121 Å². The summed E-state index contributed by atoms with van der Waals surface area (Å²) in [6, 6.07) is 4.47. The molecular formula is C11H9BrFN3O2S. The molecule has 0 spiro atoms. The first-order valence-electron chi connectivity index (χ1n) is 5.10. The Bertz CT molecular complexity index is 618. The molecular weight excluding hydrogens is 337 g/mol. The van der Waals surface area contributed by atoms with Crippen LogP contribution in [0.3, 0.4) is 0 Å². The van der Waals surface area contributed by atoms with Crippen LogP contribution in [0.2, 0.25) is 0 Å². The normalized spacial score (nSPS) is 11.7. The third-order valence-corrected chi connectivity index (χ3v) is 3.46. The fourth-order valence-electron chi connectivity index (χ4n) is 1.31. The van der Waals surface area contributed by atoms with Gasteiger partial charge in [-0.15, -0.1) is 11.8 Å². The highest BCUT2D eigenvalue weighted by Crippen LogP contribution is 2.26. The lowest BCUT2D eigenvalue weighted by molar-refractivity contribution is 0.281. The van der Waals surface area contributed by atoms with Gasteiger partial charge in [0.2, 0.25) is 5.69 Å². The van der Waals surface area contributed by atoms with Gasteiger partial charge in [-0.25, -0.2) is 14.0 Å². The van der Waals surface area contributed by atoms with E-state index in [0.717, 1.165) is 0 Å². The number of nitrogens with zero attached hydrogens (tertiary/aromatic N) is 3. The van der Waals surface area contributed by atoms with Gasteiger partial charge >= 0.3 is 0 Å². The topological polar surface area (TPSA) is 60.5 Å². The molecule has 0 unspecified atom stereocenters. The summed E-state index contributed by atoms with van der Waals surface area (Å²) >= 11 is 4.47. The summed E-state index contributed by atoms with van der Waals surface area (Å²) in [5, 5.41) is 7.92. The third-order valence-electron chi connectivity index (χ3n) is 2.18. The monoisotopic (exact) mass is 345 g/mol. The Hall–Kier alpha value is -1.41. The Morgan fingerprint density at radius 3 is 2.89 bits per heavy atom. The van der Waals surface area contributed by atoms with E-state index in [2.05, 4.69) is 35.9 Å². The van der Waals surface area contributed by atoms with Crippen molar-refractivity contribution in [3.8, 4) is 5.88 Å². The molecule has 0 N–H and O–H groups in total. The van der Waals surface area contributed by atoms with Crippen LogP contribution < -0.4 is 4.74 Å². The number of methoxy groups -OCH3 is 1. The van der Waals surface area contributed by atoms with E-state index in [1.165, 1.54) is 24.9 Å². The van der Waals surface area contributed by atoms with Gasteiger partial charge in [0.1, 0.15) is 10.9 Å². The van der Waals surface area contributed by atoms with E-state index in [-0.39, 0.29) is 11.7 Å². The molecule has 0 radical (unpaired) electrons. The maximum atomic E-state index is 13.2. The van der Waals surface area contributed by atoms with E-state index in [4.69, 9.17) is 4.74 Å². The molecule has 0 bridgehead atoms. The molecule has 2 rings (SSSR count). The summed E-state index contributed by atoms with van der Waals surface area (Å²) in [6.07, 6.45) is 1.84. The third kappa shape index (κ3) is 3.13. The van der Waals surface area contributed by atoms with Crippen molar-refractivity contribution in [2.24, 2.45) is 4.99 Å². The van der Waals surface area contributed by atoms with Gasteiger partial charge in [-0.05, 0) is 50.7 Å². The molecule has 0 atom stereocenters. The molecule has 1 heterocycles. The van der Waals surface area contributed by atoms with Gasteiger partial charge in [-0.3, -0.25) is 0 Å². The van der Waals surface area contributed by atoms with Crippen LogP contribution in [-0.4, -0.2) is 28.7 Å². The Morgan fingerprint density at radius 1 is 1.47 bits per heavy atom. The fraction of sp³-hybridized carbons (Fsp3) is 0.182. The molecule has 0 saturated heterocycles. The van der Waals surface area contributed by atoms with Crippen molar-refractivity contribution < 1.29 is 13.8 Å². The molecule has 0 aliphatic carbocycles. The second-order valence-corrected chi connectivity index (χ2v) is 4.99. The standard InChI is InChI=1S/C11H9BrFN3O2S/c1-17-10-9(15-18-16-10)11(19-2)14-6-3-4-8(13)7(12)5-6/h3-5H,1-2H3. The second-order valence-electron chi connectivity index (χ2n) is 3.34. The molecule has 5 nitrogen and oxygen atoms in total. The summed E-state index contributed by atoms with van der Waals surface area (Å²) in [5.74, 6) is -0.0837. The molecule has 0 aliphatic rings. The summed E-state index contributed by atoms with van der Waals surface area (Å²) in [5.41, 5.74) is 0.998. The van der Waals surface area contributed by atoms with Gasteiger partial charge < -0.3 is 4.74 Å². The Morgan fingerprint density at radius 2 is 2.26 bits per heavy atom. The van der Waals surface area contributed by atoms with Crippen LogP contribution in [0, 0.1) is 5.82 Å². The minimum atomic E-state index is -0.342. The first-order valence-corrected chi connectivity index (χ1v) is 7.12. The predicted molar refractivity (Wildman–Crippen MR) is 74.7 cm³/mol. The van der Waals surface area contributed by atoms with E-state index < -0.39 is 0 Å². The van der Waals surface area contributed by atoms with Crippen molar-refractivity contribution in [2.75, 3.05) is 13.4 Å². The van der Waals surface area contributed by atoms with E-state index in [0.29, 0.717) is 20.9 Å². The first kappa shape index (κ1) is 14.0. The summed E-state index contributed by atoms with van der Waals surface area (Å²) in [7, 11) is 1.47. The number of rotatable bonds is 3. The van der Waals surface area contributed by atoms with Gasteiger partial charge in [0.25, 0.3) is 5.88 Å². The summed E-state index contributed by atoms with van der Waals surface area (Å²) in [4.78, 5) is 4.37. The van der Waals surface area contributed by atoms with Crippen LogP contribution in [0.25, 0.3) is 0 Å². The summed E-state index contributed by atoms with van der Waals surface area (Å²) < 4.78 is 23.1. The molecule has 0 fully saturated rings. The molecule has 0 aliphatic heterocycles. The number of thioether (sulfide) groups is 1. The van der Waals surface area contributed by atoms with Gasteiger partial charge in [0.05, 0.1) is 17.3 Å². The van der Waals surface area contributed by atoms with Crippen LogP contribution >= 0.6 is 27.7 Å². The average molecular weight is 346 g/mol. The molecule has 1 aromatic carbocycles. The summed E-state index contributed by atoms with van der Waals surface area (Å²) in [6.45, 7) is 0. The lowest BCUT2D eigenvalue weighted by Gasteiger charge is -2.02. The van der Waals surface area contributed by atoms with Crippen LogP contribution in [-0.2, 0) is 0 Å². The average Bonchev–Trinajstić information content (AvgIpc) is 2.88. The number of benzene rings is 1. The number of hydrogen-bond acceptors (Lipinski definition) is 6. The van der Waals surface area contributed by atoms with Crippen molar-refractivity contribution in [1.29, 1.82) is 0 Å². The fourth-order valence-corrected chi connectivity index (χ4v) is 2.19. The number of halogens is 2. The van der Waals surface area contributed by atoms with Gasteiger partial charge in [0.15, 0.2) is 0 Å². The second kappa shape index (κ2) is 6.16. The molecule has 0 saturated carbocycles. The minimum absolute atomic E-state index is 0.259. The van der Waals surface area contributed by atoms with Crippen LogP contribution in [0.15, 0.2) is 32.3 Å². The van der Waals surface area contributed by atoms with E-state index in [1.54, 1.807) is 12.1 Å². The number of aromatic nitrogens is 2. The molecule has 1 aromatic heterocycles.